The highest BCUT2D eigenvalue weighted by molar-refractivity contribution is 5.84. The molecule has 1 aliphatic carbocycles. The molecule has 1 nitrogen and oxygen atoms in total. The molecule has 1 unspecified atom stereocenters. The lowest BCUT2D eigenvalue weighted by molar-refractivity contribution is -0.122. The number of carbonyl (C=O) groups is 1. The fourth-order valence-corrected chi connectivity index (χ4v) is 1.79. The van der Waals surface area contributed by atoms with Gasteiger partial charge < -0.3 is 0 Å². The van der Waals surface area contributed by atoms with Gasteiger partial charge in [0.2, 0.25) is 0 Å². The highest BCUT2D eigenvalue weighted by Crippen LogP contribution is 2.19. The fourth-order valence-electron chi connectivity index (χ4n) is 1.79. The Labute approximate surface area is 87.3 Å². The molecule has 0 spiro atoms. The van der Waals surface area contributed by atoms with Crippen LogP contribution >= 0.6 is 0 Å². The van der Waals surface area contributed by atoms with Gasteiger partial charge in [0, 0.05) is 12.8 Å². The smallest absolute Gasteiger partial charge is 0.147 e. The van der Waals surface area contributed by atoms with Gasteiger partial charge in [-0.25, -0.2) is 0 Å². The minimum absolute atomic E-state index is 0.0744. The van der Waals surface area contributed by atoms with Crippen LogP contribution in [0.4, 0.5) is 0 Å². The molecule has 1 aliphatic rings. The Balaban J connectivity index is 2.23. The van der Waals surface area contributed by atoms with Crippen molar-refractivity contribution in [1.82, 2.24) is 0 Å². The third-order valence-corrected chi connectivity index (χ3v) is 2.74. The van der Waals surface area contributed by atoms with E-state index in [0.717, 1.165) is 25.7 Å². The molecule has 0 amide bonds. The summed E-state index contributed by atoms with van der Waals surface area (Å²) < 4.78 is 0. The van der Waals surface area contributed by atoms with Crippen LogP contribution in [0, 0.1) is 17.8 Å². The van der Waals surface area contributed by atoms with E-state index in [-0.39, 0.29) is 5.92 Å². The maximum atomic E-state index is 11.4. The van der Waals surface area contributed by atoms with Crippen molar-refractivity contribution in [2.24, 2.45) is 5.92 Å². The van der Waals surface area contributed by atoms with Crippen molar-refractivity contribution >= 4 is 5.78 Å². The Morgan fingerprint density at radius 3 is 2.93 bits per heavy atom. The van der Waals surface area contributed by atoms with Gasteiger partial charge in [0.05, 0.1) is 5.92 Å². The van der Waals surface area contributed by atoms with Gasteiger partial charge >= 0.3 is 0 Å². The van der Waals surface area contributed by atoms with E-state index < -0.39 is 0 Å². The summed E-state index contributed by atoms with van der Waals surface area (Å²) >= 11 is 0. The lowest BCUT2D eigenvalue weighted by Gasteiger charge is -2.14. The Bertz CT molecular complexity index is 231. The summed E-state index contributed by atoms with van der Waals surface area (Å²) in [6, 6.07) is 0. The normalized spacial score (nSPS) is 21.5. The molecule has 1 rings (SSSR count). The van der Waals surface area contributed by atoms with Gasteiger partial charge in [-0.05, 0) is 19.3 Å². The molecule has 1 atom stereocenters. The van der Waals surface area contributed by atoms with Crippen LogP contribution in [0.25, 0.3) is 0 Å². The molecule has 1 heteroatoms. The lowest BCUT2D eigenvalue weighted by atomic mass is 9.88. The molecule has 78 valence electrons. The second kappa shape index (κ2) is 6.65. The SMILES string of the molecule is CCCCCC#CC1CCCCC1=O. The van der Waals surface area contributed by atoms with Gasteiger partial charge in [-0.1, -0.05) is 32.1 Å². The third-order valence-electron chi connectivity index (χ3n) is 2.74. The van der Waals surface area contributed by atoms with Crippen LogP contribution in [0.15, 0.2) is 0 Å². The highest BCUT2D eigenvalue weighted by atomic mass is 16.1. The molecule has 0 N–H and O–H groups in total. The second-order valence-corrected chi connectivity index (χ2v) is 4.04. The van der Waals surface area contributed by atoms with Gasteiger partial charge in [0.25, 0.3) is 0 Å². The van der Waals surface area contributed by atoms with Crippen LogP contribution in [0.3, 0.4) is 0 Å². The summed E-state index contributed by atoms with van der Waals surface area (Å²) in [5, 5.41) is 0. The number of Topliss-reactive ketones (excluding diaryl/α,β-unsaturated/α-hetero) is 1. The summed E-state index contributed by atoms with van der Waals surface area (Å²) in [6.45, 7) is 2.19. The van der Waals surface area contributed by atoms with Crippen molar-refractivity contribution in [3.8, 4) is 11.8 Å². The molecule has 0 aromatic heterocycles. The van der Waals surface area contributed by atoms with E-state index in [4.69, 9.17) is 0 Å². The molecular formula is C13H20O. The monoisotopic (exact) mass is 192 g/mol. The predicted octanol–water partition coefficient (Wildman–Crippen LogP) is 3.33. The van der Waals surface area contributed by atoms with E-state index in [1.807, 2.05) is 0 Å². The summed E-state index contributed by atoms with van der Waals surface area (Å²) in [7, 11) is 0. The van der Waals surface area contributed by atoms with E-state index in [9.17, 15) is 4.79 Å². The second-order valence-electron chi connectivity index (χ2n) is 4.04. The third kappa shape index (κ3) is 3.96. The molecule has 0 aromatic carbocycles. The lowest BCUT2D eigenvalue weighted by Crippen LogP contribution is -2.16. The average Bonchev–Trinajstić information content (AvgIpc) is 2.20. The van der Waals surface area contributed by atoms with E-state index in [0.29, 0.717) is 5.78 Å². The van der Waals surface area contributed by atoms with Gasteiger partial charge in [-0.2, -0.15) is 0 Å². The number of carbonyl (C=O) groups excluding carboxylic acids is 1. The number of rotatable bonds is 3. The highest BCUT2D eigenvalue weighted by Gasteiger charge is 2.19. The zero-order valence-electron chi connectivity index (χ0n) is 9.14. The topological polar surface area (TPSA) is 17.1 Å². The Morgan fingerprint density at radius 1 is 1.36 bits per heavy atom. The molecule has 0 bridgehead atoms. The zero-order valence-corrected chi connectivity index (χ0v) is 9.14. The van der Waals surface area contributed by atoms with Crippen LogP contribution in [-0.2, 0) is 4.79 Å². The molecule has 0 radical (unpaired) electrons. The molecular weight excluding hydrogens is 172 g/mol. The van der Waals surface area contributed by atoms with E-state index >= 15 is 0 Å². The van der Waals surface area contributed by atoms with Crippen LogP contribution in [0.5, 0.6) is 0 Å². The number of hydrogen-bond acceptors (Lipinski definition) is 1. The molecule has 1 fully saturated rings. The van der Waals surface area contributed by atoms with Crippen molar-refractivity contribution in [3.05, 3.63) is 0 Å². The molecule has 0 saturated heterocycles. The average molecular weight is 192 g/mol. The first-order valence-electron chi connectivity index (χ1n) is 5.85. The minimum atomic E-state index is 0.0744. The zero-order chi connectivity index (χ0) is 10.2. The van der Waals surface area contributed by atoms with Crippen molar-refractivity contribution < 1.29 is 4.79 Å². The van der Waals surface area contributed by atoms with Crippen LogP contribution in [-0.4, -0.2) is 5.78 Å². The van der Waals surface area contributed by atoms with E-state index in [1.165, 1.54) is 25.7 Å². The first kappa shape index (κ1) is 11.3. The molecule has 0 aromatic rings. The standard InChI is InChI=1S/C13H20O/c1-2-3-4-5-6-9-12-10-7-8-11-13(12)14/h12H,2-5,7-8,10-11H2,1H3. The van der Waals surface area contributed by atoms with Crippen molar-refractivity contribution in [2.75, 3.05) is 0 Å². The summed E-state index contributed by atoms with van der Waals surface area (Å²) in [5.74, 6) is 6.73. The van der Waals surface area contributed by atoms with Gasteiger partial charge in [0.15, 0.2) is 0 Å². The quantitative estimate of drug-likeness (QED) is 0.495. The maximum absolute atomic E-state index is 11.4. The first-order chi connectivity index (χ1) is 6.84. The van der Waals surface area contributed by atoms with Gasteiger partial charge in [-0.3, -0.25) is 4.79 Å². The number of unbranched alkanes of at least 4 members (excludes halogenated alkanes) is 3. The van der Waals surface area contributed by atoms with Crippen LogP contribution in [0.1, 0.15) is 58.3 Å². The van der Waals surface area contributed by atoms with Gasteiger partial charge in [0.1, 0.15) is 5.78 Å². The van der Waals surface area contributed by atoms with Crippen molar-refractivity contribution in [2.45, 2.75) is 58.3 Å². The summed E-state index contributed by atoms with van der Waals surface area (Å²) in [5.41, 5.74) is 0. The molecule has 0 heterocycles. The number of hydrogen-bond donors (Lipinski definition) is 0. The molecule has 14 heavy (non-hydrogen) atoms. The minimum Gasteiger partial charge on any atom is -0.298 e. The van der Waals surface area contributed by atoms with Gasteiger partial charge in [-0.15, -0.1) is 5.92 Å². The Kier molecular flexibility index (Phi) is 5.37. The number of ketones is 1. The van der Waals surface area contributed by atoms with Crippen LogP contribution < -0.4 is 0 Å². The molecule has 1 saturated carbocycles. The Hall–Kier alpha value is -0.770. The Morgan fingerprint density at radius 2 is 2.21 bits per heavy atom. The largest absolute Gasteiger partial charge is 0.298 e. The van der Waals surface area contributed by atoms with E-state index in [2.05, 4.69) is 18.8 Å². The summed E-state index contributed by atoms with van der Waals surface area (Å²) in [4.78, 5) is 11.4. The summed E-state index contributed by atoms with van der Waals surface area (Å²) in [6.07, 6.45) is 8.67. The van der Waals surface area contributed by atoms with E-state index in [1.54, 1.807) is 0 Å². The molecule has 0 aliphatic heterocycles. The van der Waals surface area contributed by atoms with Crippen molar-refractivity contribution in [3.63, 3.8) is 0 Å². The van der Waals surface area contributed by atoms with Crippen molar-refractivity contribution in [1.29, 1.82) is 0 Å². The predicted molar refractivity (Wildman–Crippen MR) is 58.9 cm³/mol. The maximum Gasteiger partial charge on any atom is 0.147 e. The first-order valence-corrected chi connectivity index (χ1v) is 5.85. The van der Waals surface area contributed by atoms with Crippen LogP contribution in [0.2, 0.25) is 0 Å². The fraction of sp³-hybridized carbons (Fsp3) is 0.769.